The number of halogens is 6. The lowest BCUT2D eigenvalue weighted by Crippen LogP contribution is -2.10. The second-order valence-electron chi connectivity index (χ2n) is 4.27. The number of hydrogen-bond acceptors (Lipinski definition) is 1. The highest BCUT2D eigenvalue weighted by Crippen LogP contribution is 2.35. The zero-order valence-electron chi connectivity index (χ0n) is 10.3. The molecule has 112 valence electrons. The largest absolute Gasteiger partial charge is 0.419 e. The Balaban J connectivity index is 2.46. The summed E-state index contributed by atoms with van der Waals surface area (Å²) in [6, 6.07) is 5.92. The summed E-state index contributed by atoms with van der Waals surface area (Å²) >= 11 is 3.04. The molecule has 0 aliphatic heterocycles. The standard InChI is InChI=1S/C14H8BrF5O/c15-9-2-1-3-10(16)12(9)13(21)7-4-5-8(11(17)6-7)14(18,19)20/h1-6,13,21H. The SMILES string of the molecule is OC(c1ccc(C(F)(F)F)c(F)c1)c1c(F)cccc1Br. The lowest BCUT2D eigenvalue weighted by Gasteiger charge is -2.16. The quantitative estimate of drug-likeness (QED) is 0.755. The minimum atomic E-state index is -4.83. The van der Waals surface area contributed by atoms with Crippen molar-refractivity contribution in [2.75, 3.05) is 0 Å². The summed E-state index contributed by atoms with van der Waals surface area (Å²) in [7, 11) is 0. The normalized spacial score (nSPS) is 13.3. The van der Waals surface area contributed by atoms with Gasteiger partial charge in [-0.3, -0.25) is 0 Å². The van der Waals surface area contributed by atoms with Gasteiger partial charge in [0.05, 0.1) is 5.56 Å². The summed E-state index contributed by atoms with van der Waals surface area (Å²) in [5.41, 5.74) is -1.78. The van der Waals surface area contributed by atoms with Crippen LogP contribution in [0, 0.1) is 11.6 Å². The molecule has 1 nitrogen and oxygen atoms in total. The van der Waals surface area contributed by atoms with E-state index in [9.17, 15) is 27.1 Å². The maximum atomic E-state index is 13.7. The van der Waals surface area contributed by atoms with Crippen LogP contribution in [0.5, 0.6) is 0 Å². The maximum absolute atomic E-state index is 13.7. The molecule has 2 rings (SSSR count). The van der Waals surface area contributed by atoms with Gasteiger partial charge in [-0.05, 0) is 29.8 Å². The molecule has 0 aliphatic rings. The lowest BCUT2D eigenvalue weighted by atomic mass is 9.99. The van der Waals surface area contributed by atoms with Gasteiger partial charge in [-0.2, -0.15) is 13.2 Å². The Morgan fingerprint density at radius 1 is 1.00 bits per heavy atom. The molecule has 1 N–H and O–H groups in total. The molecule has 0 saturated heterocycles. The minimum Gasteiger partial charge on any atom is -0.384 e. The van der Waals surface area contributed by atoms with Crippen LogP contribution in [0.2, 0.25) is 0 Å². The van der Waals surface area contributed by atoms with Gasteiger partial charge in [-0.15, -0.1) is 0 Å². The average Bonchev–Trinajstić information content (AvgIpc) is 2.36. The van der Waals surface area contributed by atoms with Crippen molar-refractivity contribution < 1.29 is 27.1 Å². The minimum absolute atomic E-state index is 0.170. The van der Waals surface area contributed by atoms with E-state index < -0.39 is 29.5 Å². The molecule has 0 aromatic heterocycles. The molecule has 1 atom stereocenters. The smallest absolute Gasteiger partial charge is 0.384 e. The van der Waals surface area contributed by atoms with E-state index in [4.69, 9.17) is 0 Å². The van der Waals surface area contributed by atoms with Gasteiger partial charge in [0.15, 0.2) is 0 Å². The summed E-state index contributed by atoms with van der Waals surface area (Å²) < 4.78 is 64.8. The second-order valence-corrected chi connectivity index (χ2v) is 5.13. The second kappa shape index (κ2) is 5.73. The Morgan fingerprint density at radius 2 is 1.67 bits per heavy atom. The van der Waals surface area contributed by atoms with Crippen LogP contribution < -0.4 is 0 Å². The highest BCUT2D eigenvalue weighted by atomic mass is 79.9. The van der Waals surface area contributed by atoms with Crippen molar-refractivity contribution in [2.24, 2.45) is 0 Å². The molecule has 0 radical (unpaired) electrons. The lowest BCUT2D eigenvalue weighted by molar-refractivity contribution is -0.140. The van der Waals surface area contributed by atoms with Crippen molar-refractivity contribution >= 4 is 15.9 Å². The molecule has 1 unspecified atom stereocenters. The van der Waals surface area contributed by atoms with Crippen molar-refractivity contribution in [2.45, 2.75) is 12.3 Å². The van der Waals surface area contributed by atoms with Gasteiger partial charge < -0.3 is 5.11 Å². The maximum Gasteiger partial charge on any atom is 0.419 e. The highest BCUT2D eigenvalue weighted by molar-refractivity contribution is 9.10. The highest BCUT2D eigenvalue weighted by Gasteiger charge is 2.34. The molecule has 21 heavy (non-hydrogen) atoms. The van der Waals surface area contributed by atoms with Crippen molar-refractivity contribution in [1.29, 1.82) is 0 Å². The van der Waals surface area contributed by atoms with E-state index in [1.54, 1.807) is 0 Å². The topological polar surface area (TPSA) is 20.2 Å². The molecule has 7 heteroatoms. The third-order valence-corrected chi connectivity index (χ3v) is 3.58. The zero-order chi connectivity index (χ0) is 15.8. The van der Waals surface area contributed by atoms with Crippen LogP contribution in [0.15, 0.2) is 40.9 Å². The Kier molecular flexibility index (Phi) is 4.34. The van der Waals surface area contributed by atoms with E-state index in [1.165, 1.54) is 12.1 Å². The van der Waals surface area contributed by atoms with Crippen molar-refractivity contribution in [3.05, 3.63) is 69.2 Å². The third-order valence-electron chi connectivity index (χ3n) is 2.89. The Bertz CT molecular complexity index is 649. The molecular formula is C14H8BrF5O. The van der Waals surface area contributed by atoms with Gasteiger partial charge in [0.25, 0.3) is 0 Å². The zero-order valence-corrected chi connectivity index (χ0v) is 11.8. The summed E-state index contributed by atoms with van der Waals surface area (Å²) in [5, 5.41) is 10.1. The van der Waals surface area contributed by atoms with Gasteiger partial charge >= 0.3 is 6.18 Å². The summed E-state index contributed by atoms with van der Waals surface area (Å²) in [6.07, 6.45) is -6.41. The van der Waals surface area contributed by atoms with E-state index in [1.807, 2.05) is 0 Å². The molecule has 2 aromatic carbocycles. The Hall–Kier alpha value is -1.47. The van der Waals surface area contributed by atoms with Crippen LogP contribution in [0.25, 0.3) is 0 Å². The van der Waals surface area contributed by atoms with Crippen molar-refractivity contribution in [3.8, 4) is 0 Å². The third kappa shape index (κ3) is 3.24. The van der Waals surface area contributed by atoms with Gasteiger partial charge in [-0.1, -0.05) is 28.1 Å². The van der Waals surface area contributed by atoms with Crippen LogP contribution in [-0.4, -0.2) is 5.11 Å². The number of rotatable bonds is 2. The first-order valence-electron chi connectivity index (χ1n) is 5.70. The molecule has 0 spiro atoms. The van der Waals surface area contributed by atoms with Crippen molar-refractivity contribution in [3.63, 3.8) is 0 Å². The van der Waals surface area contributed by atoms with Crippen LogP contribution in [0.1, 0.15) is 22.8 Å². The van der Waals surface area contributed by atoms with Crippen LogP contribution in [-0.2, 0) is 6.18 Å². The summed E-state index contributed by atoms with van der Waals surface area (Å²) in [6.45, 7) is 0. The van der Waals surface area contributed by atoms with Gasteiger partial charge in [0.1, 0.15) is 17.7 Å². The first-order chi connectivity index (χ1) is 9.71. The van der Waals surface area contributed by atoms with Gasteiger partial charge in [0, 0.05) is 10.0 Å². The molecule has 0 heterocycles. The van der Waals surface area contributed by atoms with Gasteiger partial charge in [0.2, 0.25) is 0 Å². The number of hydrogen-bond donors (Lipinski definition) is 1. The molecule has 0 bridgehead atoms. The Labute approximate surface area is 125 Å². The first-order valence-corrected chi connectivity index (χ1v) is 6.49. The predicted molar refractivity (Wildman–Crippen MR) is 69.6 cm³/mol. The van der Waals surface area contributed by atoms with E-state index in [-0.39, 0.29) is 15.6 Å². The van der Waals surface area contributed by atoms with Crippen LogP contribution in [0.4, 0.5) is 22.0 Å². The van der Waals surface area contributed by atoms with E-state index in [2.05, 4.69) is 15.9 Å². The predicted octanol–water partition coefficient (Wildman–Crippen LogP) is 4.83. The van der Waals surface area contributed by atoms with Crippen LogP contribution >= 0.6 is 15.9 Å². The fraction of sp³-hybridized carbons (Fsp3) is 0.143. The average molecular weight is 367 g/mol. The molecule has 0 amide bonds. The fourth-order valence-electron chi connectivity index (χ4n) is 1.87. The number of benzene rings is 2. The number of aliphatic hydroxyl groups is 1. The molecule has 2 aromatic rings. The van der Waals surface area contributed by atoms with Crippen molar-refractivity contribution in [1.82, 2.24) is 0 Å². The fourth-order valence-corrected chi connectivity index (χ4v) is 2.43. The van der Waals surface area contributed by atoms with Crippen LogP contribution in [0.3, 0.4) is 0 Å². The molecule has 0 fully saturated rings. The van der Waals surface area contributed by atoms with E-state index >= 15 is 0 Å². The first kappa shape index (κ1) is 15.9. The molecule has 0 saturated carbocycles. The van der Waals surface area contributed by atoms with Gasteiger partial charge in [-0.25, -0.2) is 8.78 Å². The summed E-state index contributed by atoms with van der Waals surface area (Å²) in [5.74, 6) is -2.27. The van der Waals surface area contributed by atoms with E-state index in [0.717, 1.165) is 12.1 Å². The van der Waals surface area contributed by atoms with E-state index in [0.29, 0.717) is 12.1 Å². The molecular weight excluding hydrogens is 359 g/mol. The Morgan fingerprint density at radius 3 is 2.19 bits per heavy atom. The molecule has 0 aliphatic carbocycles. The monoisotopic (exact) mass is 366 g/mol. The summed E-state index contributed by atoms with van der Waals surface area (Å²) in [4.78, 5) is 0. The number of alkyl halides is 3. The number of aliphatic hydroxyl groups excluding tert-OH is 1.